The molecule has 1 aliphatic rings. The fourth-order valence-corrected chi connectivity index (χ4v) is 3.27. The maximum atomic E-state index is 12.5. The van der Waals surface area contributed by atoms with E-state index in [0.29, 0.717) is 19.6 Å². The number of carbonyl (C=O) groups is 2. The Morgan fingerprint density at radius 1 is 1.29 bits per heavy atom. The van der Waals surface area contributed by atoms with E-state index in [1.165, 1.54) is 11.1 Å². The zero-order valence-electron chi connectivity index (χ0n) is 15.2. The fraction of sp³-hybridized carbons (Fsp3) is 0.579. The SMILES string of the molecule is CC(=O)N1CCC(C(=O)NC[C@@H](c2cccc(C)c2)N(C)C)CC1. The van der Waals surface area contributed by atoms with Crippen molar-refractivity contribution in [3.63, 3.8) is 0 Å². The van der Waals surface area contributed by atoms with Crippen LogP contribution in [0.25, 0.3) is 0 Å². The molecule has 0 unspecified atom stereocenters. The highest BCUT2D eigenvalue weighted by Crippen LogP contribution is 2.20. The first-order valence-electron chi connectivity index (χ1n) is 8.64. The fourth-order valence-electron chi connectivity index (χ4n) is 3.27. The molecule has 1 atom stereocenters. The summed E-state index contributed by atoms with van der Waals surface area (Å²) in [6.45, 7) is 5.63. The van der Waals surface area contributed by atoms with Gasteiger partial charge in [0.25, 0.3) is 0 Å². The van der Waals surface area contributed by atoms with Crippen LogP contribution in [0.5, 0.6) is 0 Å². The van der Waals surface area contributed by atoms with Crippen molar-refractivity contribution in [1.82, 2.24) is 15.1 Å². The van der Waals surface area contributed by atoms with E-state index in [0.717, 1.165) is 12.8 Å². The van der Waals surface area contributed by atoms with Gasteiger partial charge in [0, 0.05) is 32.5 Å². The normalized spacial score (nSPS) is 17.0. The molecule has 2 rings (SSSR count). The molecular weight excluding hydrogens is 302 g/mol. The number of carbonyl (C=O) groups excluding carboxylic acids is 2. The minimum absolute atomic E-state index is 0.0147. The number of nitrogens with zero attached hydrogens (tertiary/aromatic N) is 2. The second kappa shape index (κ2) is 8.29. The summed E-state index contributed by atoms with van der Waals surface area (Å²) in [6, 6.07) is 8.57. The zero-order chi connectivity index (χ0) is 17.7. The highest BCUT2D eigenvalue weighted by molar-refractivity contribution is 5.79. The first-order chi connectivity index (χ1) is 11.4. The molecule has 0 radical (unpaired) electrons. The Balaban J connectivity index is 1.90. The number of nitrogens with one attached hydrogen (secondary N) is 1. The number of hydrogen-bond donors (Lipinski definition) is 1. The Kier molecular flexibility index (Phi) is 6.37. The number of amides is 2. The summed E-state index contributed by atoms with van der Waals surface area (Å²) in [7, 11) is 4.06. The smallest absolute Gasteiger partial charge is 0.223 e. The molecule has 1 N–H and O–H groups in total. The van der Waals surface area contributed by atoms with Crippen LogP contribution in [0.3, 0.4) is 0 Å². The van der Waals surface area contributed by atoms with Crippen LogP contribution in [-0.2, 0) is 9.59 Å². The largest absolute Gasteiger partial charge is 0.354 e. The van der Waals surface area contributed by atoms with Gasteiger partial charge in [-0.1, -0.05) is 29.8 Å². The number of aryl methyl sites for hydroxylation is 1. The molecule has 1 heterocycles. The number of rotatable bonds is 5. The number of likely N-dealkylation sites (N-methyl/N-ethyl adjacent to an activating group) is 1. The Labute approximate surface area is 145 Å². The number of hydrogen-bond acceptors (Lipinski definition) is 3. The van der Waals surface area contributed by atoms with E-state index in [1.54, 1.807) is 6.92 Å². The van der Waals surface area contributed by atoms with Gasteiger partial charge in [0.05, 0.1) is 6.04 Å². The van der Waals surface area contributed by atoms with E-state index < -0.39 is 0 Å². The molecule has 0 bridgehead atoms. The van der Waals surface area contributed by atoms with Crippen molar-refractivity contribution in [3.8, 4) is 0 Å². The molecule has 5 nitrogen and oxygen atoms in total. The average molecular weight is 331 g/mol. The van der Waals surface area contributed by atoms with Gasteiger partial charge in [-0.15, -0.1) is 0 Å². The van der Waals surface area contributed by atoms with Crippen LogP contribution in [0, 0.1) is 12.8 Å². The van der Waals surface area contributed by atoms with E-state index in [9.17, 15) is 9.59 Å². The van der Waals surface area contributed by atoms with Crippen molar-refractivity contribution in [2.45, 2.75) is 32.7 Å². The van der Waals surface area contributed by atoms with Gasteiger partial charge < -0.3 is 15.1 Å². The molecule has 0 saturated carbocycles. The Bertz CT molecular complexity index is 578. The lowest BCUT2D eigenvalue weighted by atomic mass is 9.95. The minimum atomic E-state index is 0.0147. The third-order valence-electron chi connectivity index (χ3n) is 4.83. The van der Waals surface area contributed by atoms with Gasteiger partial charge in [0.2, 0.25) is 11.8 Å². The first-order valence-corrected chi connectivity index (χ1v) is 8.64. The molecular formula is C19H29N3O2. The summed E-state index contributed by atoms with van der Waals surface area (Å²) in [5, 5.41) is 3.11. The van der Waals surface area contributed by atoms with E-state index in [1.807, 2.05) is 19.0 Å². The monoisotopic (exact) mass is 331 g/mol. The molecule has 1 aliphatic heterocycles. The molecule has 0 aliphatic carbocycles. The lowest BCUT2D eigenvalue weighted by Crippen LogP contribution is -2.43. The van der Waals surface area contributed by atoms with Crippen LogP contribution in [0.15, 0.2) is 24.3 Å². The molecule has 0 aromatic heterocycles. The van der Waals surface area contributed by atoms with Crippen LogP contribution >= 0.6 is 0 Å². The van der Waals surface area contributed by atoms with Crippen LogP contribution < -0.4 is 5.32 Å². The standard InChI is InChI=1S/C19H29N3O2/c1-14-6-5-7-17(12-14)18(21(3)4)13-20-19(24)16-8-10-22(11-9-16)15(2)23/h5-7,12,16,18H,8-11,13H2,1-4H3,(H,20,24)/t18-/m0/s1. The van der Waals surface area contributed by atoms with Gasteiger partial charge in [0.1, 0.15) is 0 Å². The summed E-state index contributed by atoms with van der Waals surface area (Å²) >= 11 is 0. The van der Waals surface area contributed by atoms with E-state index >= 15 is 0 Å². The lowest BCUT2D eigenvalue weighted by molar-refractivity contribution is -0.134. The molecule has 0 spiro atoms. The third kappa shape index (κ3) is 4.81. The van der Waals surface area contributed by atoms with Crippen LogP contribution in [-0.4, -0.2) is 55.3 Å². The predicted molar refractivity (Wildman–Crippen MR) is 95.6 cm³/mol. The van der Waals surface area contributed by atoms with E-state index in [2.05, 4.69) is 41.4 Å². The second-order valence-electron chi connectivity index (χ2n) is 6.92. The van der Waals surface area contributed by atoms with E-state index in [4.69, 9.17) is 0 Å². The molecule has 132 valence electrons. The number of benzene rings is 1. The van der Waals surface area contributed by atoms with Gasteiger partial charge in [-0.2, -0.15) is 0 Å². The van der Waals surface area contributed by atoms with Gasteiger partial charge in [-0.05, 0) is 39.4 Å². The van der Waals surface area contributed by atoms with Crippen molar-refractivity contribution in [2.75, 3.05) is 33.7 Å². The van der Waals surface area contributed by atoms with Crippen molar-refractivity contribution >= 4 is 11.8 Å². The zero-order valence-corrected chi connectivity index (χ0v) is 15.2. The van der Waals surface area contributed by atoms with Gasteiger partial charge in [0.15, 0.2) is 0 Å². The summed E-state index contributed by atoms with van der Waals surface area (Å²) in [5.41, 5.74) is 2.44. The molecule has 5 heteroatoms. The predicted octanol–water partition coefficient (Wildman–Crippen LogP) is 1.97. The number of likely N-dealkylation sites (tertiary alicyclic amines) is 1. The Morgan fingerprint density at radius 2 is 1.96 bits per heavy atom. The highest BCUT2D eigenvalue weighted by Gasteiger charge is 2.26. The summed E-state index contributed by atoms with van der Waals surface area (Å²) < 4.78 is 0. The second-order valence-corrected chi connectivity index (χ2v) is 6.92. The molecule has 1 aromatic rings. The van der Waals surface area contributed by atoms with Crippen LogP contribution in [0.2, 0.25) is 0 Å². The number of piperidine rings is 1. The van der Waals surface area contributed by atoms with Crippen molar-refractivity contribution < 1.29 is 9.59 Å². The lowest BCUT2D eigenvalue weighted by Gasteiger charge is -2.31. The summed E-state index contributed by atoms with van der Waals surface area (Å²) in [5.74, 6) is 0.222. The van der Waals surface area contributed by atoms with Crippen molar-refractivity contribution in [2.24, 2.45) is 5.92 Å². The quantitative estimate of drug-likeness (QED) is 0.897. The molecule has 2 amide bonds. The average Bonchev–Trinajstić information content (AvgIpc) is 2.54. The van der Waals surface area contributed by atoms with Gasteiger partial charge >= 0.3 is 0 Å². The maximum absolute atomic E-state index is 12.5. The first kappa shape index (κ1) is 18.5. The summed E-state index contributed by atoms with van der Waals surface area (Å²) in [4.78, 5) is 27.8. The molecule has 24 heavy (non-hydrogen) atoms. The molecule has 1 fully saturated rings. The highest BCUT2D eigenvalue weighted by atomic mass is 16.2. The topological polar surface area (TPSA) is 52.7 Å². The van der Waals surface area contributed by atoms with Crippen LogP contribution in [0.1, 0.15) is 36.9 Å². The Morgan fingerprint density at radius 3 is 2.50 bits per heavy atom. The minimum Gasteiger partial charge on any atom is -0.354 e. The molecule has 1 saturated heterocycles. The van der Waals surface area contributed by atoms with E-state index in [-0.39, 0.29) is 23.8 Å². The maximum Gasteiger partial charge on any atom is 0.223 e. The third-order valence-corrected chi connectivity index (χ3v) is 4.83. The summed E-state index contributed by atoms with van der Waals surface area (Å²) in [6.07, 6.45) is 1.50. The Hall–Kier alpha value is -1.88. The van der Waals surface area contributed by atoms with Gasteiger partial charge in [-0.3, -0.25) is 9.59 Å². The van der Waals surface area contributed by atoms with Crippen molar-refractivity contribution in [3.05, 3.63) is 35.4 Å². The van der Waals surface area contributed by atoms with Crippen LogP contribution in [0.4, 0.5) is 0 Å². The van der Waals surface area contributed by atoms with Gasteiger partial charge in [-0.25, -0.2) is 0 Å². The van der Waals surface area contributed by atoms with Crippen molar-refractivity contribution in [1.29, 1.82) is 0 Å². The molecule has 1 aromatic carbocycles.